The smallest absolute Gasteiger partial charge is 0.234 e. The van der Waals surface area contributed by atoms with Crippen molar-refractivity contribution < 1.29 is 19.1 Å². The first-order valence-corrected chi connectivity index (χ1v) is 10.1. The summed E-state index contributed by atoms with van der Waals surface area (Å²) in [5.74, 6) is 1.59. The molecule has 0 aliphatic carbocycles. The first-order chi connectivity index (χ1) is 14.1. The Kier molecular flexibility index (Phi) is 6.02. The largest absolute Gasteiger partial charge is 0.454 e. The number of carbonyl (C=O) groups is 2. The van der Waals surface area contributed by atoms with E-state index < -0.39 is 0 Å². The normalized spacial score (nSPS) is 16.6. The van der Waals surface area contributed by atoms with Crippen LogP contribution >= 0.6 is 11.6 Å². The highest BCUT2D eigenvalue weighted by molar-refractivity contribution is 6.30. The number of nitrogens with one attached hydrogen (secondary N) is 1. The predicted octanol–water partition coefficient (Wildman–Crippen LogP) is 3.28. The summed E-state index contributed by atoms with van der Waals surface area (Å²) in [7, 11) is 0. The molecule has 2 aromatic carbocycles. The number of Topliss-reactive ketones (excluding diaryl/α,β-unsaturated/α-hetero) is 1. The van der Waals surface area contributed by atoms with E-state index in [1.807, 2.05) is 18.2 Å². The third-order valence-electron chi connectivity index (χ3n) is 5.38. The van der Waals surface area contributed by atoms with E-state index in [9.17, 15) is 9.59 Å². The number of hydrogen-bond donors (Lipinski definition) is 1. The quantitative estimate of drug-likeness (QED) is 0.735. The zero-order valence-electron chi connectivity index (χ0n) is 16.0. The average Bonchev–Trinajstić information content (AvgIpc) is 3.21. The molecule has 0 spiro atoms. The fraction of sp³-hybridized carbons (Fsp3) is 0.364. The van der Waals surface area contributed by atoms with Crippen molar-refractivity contribution >= 4 is 23.3 Å². The van der Waals surface area contributed by atoms with Gasteiger partial charge in [0.25, 0.3) is 0 Å². The van der Waals surface area contributed by atoms with E-state index in [2.05, 4.69) is 10.2 Å². The van der Waals surface area contributed by atoms with E-state index >= 15 is 0 Å². The standard InChI is InChI=1S/C22H23ClN2O4/c23-18-4-2-16(3-5-18)22(27)17-7-9-25(10-8-17)13-21(26)24-12-15-1-6-19-20(11-15)29-14-28-19/h1-6,11,17H,7-10,12-14H2,(H,24,26). The first-order valence-electron chi connectivity index (χ1n) is 9.76. The van der Waals surface area contributed by atoms with Crippen LogP contribution in [0.2, 0.25) is 5.02 Å². The van der Waals surface area contributed by atoms with E-state index in [1.165, 1.54) is 0 Å². The van der Waals surface area contributed by atoms with E-state index in [4.69, 9.17) is 21.1 Å². The molecule has 29 heavy (non-hydrogen) atoms. The number of rotatable bonds is 6. The molecular weight excluding hydrogens is 392 g/mol. The van der Waals surface area contributed by atoms with Gasteiger partial charge in [0.2, 0.25) is 12.7 Å². The summed E-state index contributed by atoms with van der Waals surface area (Å²) in [4.78, 5) is 27.0. The zero-order chi connectivity index (χ0) is 20.2. The van der Waals surface area contributed by atoms with Crippen molar-refractivity contribution in [2.45, 2.75) is 19.4 Å². The molecule has 0 radical (unpaired) electrons. The fourth-order valence-corrected chi connectivity index (χ4v) is 3.84. The molecule has 0 saturated carbocycles. The van der Waals surface area contributed by atoms with Crippen molar-refractivity contribution in [1.82, 2.24) is 10.2 Å². The molecule has 2 aliphatic rings. The van der Waals surface area contributed by atoms with Crippen molar-refractivity contribution in [2.24, 2.45) is 5.92 Å². The summed E-state index contributed by atoms with van der Waals surface area (Å²) in [5.41, 5.74) is 1.67. The van der Waals surface area contributed by atoms with Crippen molar-refractivity contribution in [3.63, 3.8) is 0 Å². The monoisotopic (exact) mass is 414 g/mol. The number of hydrogen-bond acceptors (Lipinski definition) is 5. The second-order valence-corrected chi connectivity index (χ2v) is 7.82. The maximum Gasteiger partial charge on any atom is 0.234 e. The lowest BCUT2D eigenvalue weighted by Crippen LogP contribution is -2.42. The molecule has 2 aromatic rings. The highest BCUT2D eigenvalue weighted by Crippen LogP contribution is 2.32. The lowest BCUT2D eigenvalue weighted by molar-refractivity contribution is -0.122. The van der Waals surface area contributed by atoms with Gasteiger partial charge < -0.3 is 14.8 Å². The molecule has 7 heteroatoms. The average molecular weight is 415 g/mol. The zero-order valence-corrected chi connectivity index (χ0v) is 16.8. The van der Waals surface area contributed by atoms with Crippen LogP contribution in [0.25, 0.3) is 0 Å². The minimum Gasteiger partial charge on any atom is -0.454 e. The number of amides is 1. The molecule has 0 atom stereocenters. The SMILES string of the molecule is O=C(CN1CCC(C(=O)c2ccc(Cl)cc2)CC1)NCc1ccc2c(c1)OCO2. The van der Waals surface area contributed by atoms with Gasteiger partial charge in [-0.05, 0) is 67.9 Å². The minimum atomic E-state index is -0.0230. The van der Waals surface area contributed by atoms with Crippen LogP contribution in [0.4, 0.5) is 0 Å². The summed E-state index contributed by atoms with van der Waals surface area (Å²) in [5, 5.41) is 3.57. The van der Waals surface area contributed by atoms with Crippen LogP contribution in [0, 0.1) is 5.92 Å². The van der Waals surface area contributed by atoms with Crippen LogP contribution in [-0.2, 0) is 11.3 Å². The van der Waals surface area contributed by atoms with E-state index in [0.29, 0.717) is 29.4 Å². The Balaban J connectivity index is 1.21. The molecule has 2 aliphatic heterocycles. The number of ether oxygens (including phenoxy) is 2. The van der Waals surface area contributed by atoms with Gasteiger partial charge in [-0.2, -0.15) is 0 Å². The number of halogens is 1. The number of carbonyl (C=O) groups excluding carboxylic acids is 2. The van der Waals surface area contributed by atoms with E-state index in [-0.39, 0.29) is 24.4 Å². The predicted molar refractivity (Wildman–Crippen MR) is 109 cm³/mol. The molecule has 6 nitrogen and oxygen atoms in total. The maximum absolute atomic E-state index is 12.6. The third kappa shape index (κ3) is 4.89. The Hall–Kier alpha value is -2.57. The third-order valence-corrected chi connectivity index (χ3v) is 5.63. The van der Waals surface area contributed by atoms with Crippen LogP contribution in [0.5, 0.6) is 11.5 Å². The Bertz CT molecular complexity index is 892. The number of piperidine rings is 1. The molecule has 1 amide bonds. The van der Waals surface area contributed by atoms with E-state index in [1.54, 1.807) is 24.3 Å². The molecule has 4 rings (SSSR count). The summed E-state index contributed by atoms with van der Waals surface area (Å²) >= 11 is 5.89. The molecule has 1 fully saturated rings. The number of benzene rings is 2. The van der Waals surface area contributed by atoms with Crippen LogP contribution in [0.15, 0.2) is 42.5 Å². The fourth-order valence-electron chi connectivity index (χ4n) is 3.71. The topological polar surface area (TPSA) is 67.9 Å². The minimum absolute atomic E-state index is 0.00381. The van der Waals surface area contributed by atoms with Crippen molar-refractivity contribution in [1.29, 1.82) is 0 Å². The van der Waals surface area contributed by atoms with Gasteiger partial charge in [-0.1, -0.05) is 17.7 Å². The van der Waals surface area contributed by atoms with E-state index in [0.717, 1.165) is 37.2 Å². The van der Waals surface area contributed by atoms with Gasteiger partial charge in [-0.25, -0.2) is 0 Å². The Morgan fingerprint density at radius 3 is 2.52 bits per heavy atom. The van der Waals surface area contributed by atoms with Gasteiger partial charge in [-0.3, -0.25) is 14.5 Å². The lowest BCUT2D eigenvalue weighted by Gasteiger charge is -2.30. The van der Waals surface area contributed by atoms with Gasteiger partial charge in [0.15, 0.2) is 17.3 Å². The Morgan fingerprint density at radius 1 is 1.03 bits per heavy atom. The van der Waals surface area contributed by atoms with Crippen LogP contribution in [0.1, 0.15) is 28.8 Å². The van der Waals surface area contributed by atoms with Gasteiger partial charge in [0, 0.05) is 23.0 Å². The van der Waals surface area contributed by atoms with Gasteiger partial charge in [0.1, 0.15) is 0 Å². The maximum atomic E-state index is 12.6. The molecule has 2 heterocycles. The van der Waals surface area contributed by atoms with Crippen molar-refractivity contribution in [3.8, 4) is 11.5 Å². The highest BCUT2D eigenvalue weighted by atomic mass is 35.5. The molecule has 152 valence electrons. The number of fused-ring (bicyclic) bond motifs is 1. The van der Waals surface area contributed by atoms with Crippen LogP contribution in [-0.4, -0.2) is 43.0 Å². The summed E-state index contributed by atoms with van der Waals surface area (Å²) < 4.78 is 10.6. The van der Waals surface area contributed by atoms with Crippen molar-refractivity contribution in [2.75, 3.05) is 26.4 Å². The van der Waals surface area contributed by atoms with Crippen LogP contribution in [0.3, 0.4) is 0 Å². The second kappa shape index (κ2) is 8.84. The summed E-state index contributed by atoms with van der Waals surface area (Å²) in [6, 6.07) is 12.7. The van der Waals surface area contributed by atoms with Crippen LogP contribution < -0.4 is 14.8 Å². The highest BCUT2D eigenvalue weighted by Gasteiger charge is 2.26. The Labute approximate surface area is 174 Å². The summed E-state index contributed by atoms with van der Waals surface area (Å²) in [6.07, 6.45) is 1.52. The molecule has 0 bridgehead atoms. The lowest BCUT2D eigenvalue weighted by atomic mass is 9.89. The van der Waals surface area contributed by atoms with Crippen molar-refractivity contribution in [3.05, 3.63) is 58.6 Å². The molecule has 0 unspecified atom stereocenters. The second-order valence-electron chi connectivity index (χ2n) is 7.39. The Morgan fingerprint density at radius 2 is 1.76 bits per heavy atom. The number of nitrogens with zero attached hydrogens (tertiary/aromatic N) is 1. The number of likely N-dealkylation sites (tertiary alicyclic amines) is 1. The molecular formula is C22H23ClN2O4. The summed E-state index contributed by atoms with van der Waals surface area (Å²) in [6.45, 7) is 2.50. The molecule has 0 aromatic heterocycles. The van der Waals surface area contributed by atoms with Gasteiger partial charge >= 0.3 is 0 Å². The van der Waals surface area contributed by atoms with Gasteiger partial charge in [-0.15, -0.1) is 0 Å². The first kappa shape index (κ1) is 19.7. The van der Waals surface area contributed by atoms with Gasteiger partial charge in [0.05, 0.1) is 6.54 Å². The molecule has 1 saturated heterocycles. The number of ketones is 1. The molecule has 1 N–H and O–H groups in total.